The van der Waals surface area contributed by atoms with Crippen LogP contribution in [0, 0.1) is 12.8 Å². The zero-order chi connectivity index (χ0) is 41.4. The quantitative estimate of drug-likeness (QED) is 0.0545. The average molecular weight is 817 g/mol. The van der Waals surface area contributed by atoms with Crippen LogP contribution in [-0.2, 0) is 25.1 Å². The van der Waals surface area contributed by atoms with Crippen LogP contribution < -0.4 is 23.8 Å². The van der Waals surface area contributed by atoms with Gasteiger partial charge < -0.3 is 38.8 Å². The van der Waals surface area contributed by atoms with Crippen LogP contribution in [0.5, 0.6) is 23.0 Å². The molecule has 0 radical (unpaired) electrons. The molecule has 3 N–H and O–H groups in total. The summed E-state index contributed by atoms with van der Waals surface area (Å²) in [6, 6.07) is 32.7. The van der Waals surface area contributed by atoms with Crippen molar-refractivity contribution in [3.63, 3.8) is 0 Å². The average Bonchev–Trinajstić information content (AvgIpc) is 3.82. The van der Waals surface area contributed by atoms with Crippen molar-refractivity contribution in [1.82, 2.24) is 9.62 Å². The van der Waals surface area contributed by atoms with Crippen molar-refractivity contribution in [2.75, 3.05) is 60.0 Å². The third-order valence-corrected chi connectivity index (χ3v) is 9.99. The summed E-state index contributed by atoms with van der Waals surface area (Å²) in [5.74, 6) is 2.72. The van der Waals surface area contributed by atoms with E-state index in [2.05, 4.69) is 19.2 Å². The van der Waals surface area contributed by atoms with Gasteiger partial charge in [0.05, 0.1) is 12.0 Å². The highest BCUT2D eigenvalue weighted by atomic mass is 32.2. The van der Waals surface area contributed by atoms with Gasteiger partial charge in [-0.3, -0.25) is 4.79 Å². The molecule has 56 heavy (non-hydrogen) atoms. The number of methoxy groups -OCH3 is 1. The molecule has 1 aliphatic heterocycles. The molecule has 1 fully saturated rings. The van der Waals surface area contributed by atoms with Crippen molar-refractivity contribution < 1.29 is 47.0 Å². The molecule has 1 unspecified atom stereocenters. The van der Waals surface area contributed by atoms with Gasteiger partial charge in [0.25, 0.3) is 0 Å². The number of hydrogen-bond acceptors (Lipinski definition) is 10. The number of para-hydroxylation sites is 2. The highest BCUT2D eigenvalue weighted by Crippen LogP contribution is 2.48. The monoisotopic (exact) mass is 816 g/mol. The lowest BCUT2D eigenvalue weighted by atomic mass is 10.2. The Labute approximate surface area is 336 Å². The molecule has 4 aromatic rings. The minimum atomic E-state index is -3.56. The van der Waals surface area contributed by atoms with Crippen LogP contribution >= 0.6 is 7.60 Å². The lowest BCUT2D eigenvalue weighted by Crippen LogP contribution is -2.32. The highest BCUT2D eigenvalue weighted by Gasteiger charge is 2.30. The van der Waals surface area contributed by atoms with E-state index in [1.165, 1.54) is 12.8 Å². The Kier molecular flexibility index (Phi) is 27.5. The standard InChI is InChI=1S/C20H19O4P.C15H24N2O3S.C4H8O.C2H6O.CH4O/c1-17-12-14-18(15-13-17)22-16-25(21,23-19-8-4-2-5-9-19)24-20-10-6-3-7-11-20;1-13(2)11-17(10-4-9-16-12-18)21(19)15-7-5-14(20-3)6-8-15;1-2-4-5-3-1;1-2-3;1-2/h2-15H,16H2,1H3;5-8,12-13H,4,9-11H2,1-3H3,(H,16,18);1-4H2;3H,2H2,1H3;2H,1H3. The van der Waals surface area contributed by atoms with Crippen molar-refractivity contribution in [2.45, 2.75) is 51.9 Å². The highest BCUT2D eigenvalue weighted by molar-refractivity contribution is 7.82. The largest absolute Gasteiger partial charge is 0.497 e. The molecule has 0 aromatic heterocycles. The first-order valence-electron chi connectivity index (χ1n) is 18.5. The van der Waals surface area contributed by atoms with Crippen LogP contribution in [0.25, 0.3) is 0 Å². The van der Waals surface area contributed by atoms with Gasteiger partial charge in [0, 0.05) is 46.6 Å². The van der Waals surface area contributed by atoms with E-state index in [0.29, 0.717) is 42.7 Å². The van der Waals surface area contributed by atoms with E-state index in [-0.39, 0.29) is 13.0 Å². The zero-order valence-corrected chi connectivity index (χ0v) is 35.3. The Morgan fingerprint density at radius 3 is 1.77 bits per heavy atom. The van der Waals surface area contributed by atoms with Gasteiger partial charge in [-0.2, -0.15) is 0 Å². The number of ether oxygens (including phenoxy) is 3. The second-order valence-electron chi connectivity index (χ2n) is 12.3. The topological polar surface area (TPSA) is 153 Å². The molecule has 0 bridgehead atoms. The summed E-state index contributed by atoms with van der Waals surface area (Å²) in [6.07, 6.45) is 3.82. The van der Waals surface area contributed by atoms with Crippen LogP contribution in [0.1, 0.15) is 45.6 Å². The number of aliphatic hydroxyl groups is 2. The van der Waals surface area contributed by atoms with Crippen LogP contribution in [0.15, 0.2) is 114 Å². The van der Waals surface area contributed by atoms with Crippen molar-refractivity contribution in [3.8, 4) is 23.0 Å². The second kappa shape index (κ2) is 30.9. The predicted octanol–water partition coefficient (Wildman–Crippen LogP) is 7.90. The molecule has 1 atom stereocenters. The molecule has 1 heterocycles. The summed E-state index contributed by atoms with van der Waals surface area (Å²) in [6.45, 7) is 12.1. The Balaban J connectivity index is 0.000000455. The normalized spacial score (nSPS) is 12.1. The molecule has 1 saturated heterocycles. The number of rotatable bonds is 17. The van der Waals surface area contributed by atoms with E-state index in [1.807, 2.05) is 96.2 Å². The molecule has 0 aliphatic carbocycles. The lowest BCUT2D eigenvalue weighted by Gasteiger charge is -2.23. The van der Waals surface area contributed by atoms with Gasteiger partial charge in [-0.25, -0.2) is 13.1 Å². The SMILES string of the molecule is C1CCOC1.CCO.CO.COc1ccc(S(=O)N(CCCNC=O)CC(C)C)cc1.Cc1ccc(OCP(=O)(Oc2ccccc2)Oc2ccccc2)cc1. The van der Waals surface area contributed by atoms with Crippen molar-refractivity contribution >= 4 is 25.0 Å². The van der Waals surface area contributed by atoms with Crippen LogP contribution in [0.2, 0.25) is 0 Å². The molecule has 5 rings (SSSR count). The minimum Gasteiger partial charge on any atom is -0.497 e. The summed E-state index contributed by atoms with van der Waals surface area (Å²) < 4.78 is 54.8. The van der Waals surface area contributed by atoms with Gasteiger partial charge in [-0.1, -0.05) is 67.9 Å². The number of carbonyl (C=O) groups excluding carboxylic acids is 1. The predicted molar refractivity (Wildman–Crippen MR) is 224 cm³/mol. The number of amides is 1. The van der Waals surface area contributed by atoms with Crippen LogP contribution in [0.3, 0.4) is 0 Å². The molecule has 0 saturated carbocycles. The molecular formula is C42H61N2O10PS. The fourth-order valence-corrected chi connectivity index (χ4v) is 7.29. The maximum atomic E-state index is 13.2. The molecule has 12 nitrogen and oxygen atoms in total. The van der Waals surface area contributed by atoms with E-state index in [4.69, 9.17) is 33.5 Å². The fraction of sp³-hybridized carbons (Fsp3) is 0.405. The van der Waals surface area contributed by atoms with Crippen molar-refractivity contribution in [1.29, 1.82) is 0 Å². The zero-order valence-electron chi connectivity index (χ0n) is 33.6. The number of benzene rings is 4. The summed E-state index contributed by atoms with van der Waals surface area (Å²) >= 11 is 0. The van der Waals surface area contributed by atoms with Crippen molar-refractivity contribution in [3.05, 3.63) is 115 Å². The summed E-state index contributed by atoms with van der Waals surface area (Å²) in [4.78, 5) is 11.0. The molecule has 4 aromatic carbocycles. The van der Waals surface area contributed by atoms with Gasteiger partial charge in [-0.05, 0) is 99.7 Å². The molecule has 310 valence electrons. The van der Waals surface area contributed by atoms with Gasteiger partial charge >= 0.3 is 7.60 Å². The fourth-order valence-electron chi connectivity index (χ4n) is 4.56. The number of aryl methyl sites for hydroxylation is 1. The number of nitrogens with zero attached hydrogens (tertiary/aromatic N) is 1. The van der Waals surface area contributed by atoms with E-state index in [0.717, 1.165) is 49.5 Å². The van der Waals surface area contributed by atoms with E-state index in [9.17, 15) is 13.6 Å². The first-order valence-corrected chi connectivity index (χ1v) is 21.4. The maximum Gasteiger partial charge on any atom is 0.468 e. The molecule has 0 spiro atoms. The van der Waals surface area contributed by atoms with Crippen LogP contribution in [0.4, 0.5) is 0 Å². The number of hydrogen-bond donors (Lipinski definition) is 3. The van der Waals surface area contributed by atoms with E-state index >= 15 is 0 Å². The second-order valence-corrected chi connectivity index (χ2v) is 15.6. The molecular weight excluding hydrogens is 756 g/mol. The smallest absolute Gasteiger partial charge is 0.468 e. The first kappa shape index (κ1) is 49.8. The van der Waals surface area contributed by atoms with Crippen LogP contribution in [-0.4, -0.2) is 85.2 Å². The summed E-state index contributed by atoms with van der Waals surface area (Å²) in [5, 5.41) is 17.2. The summed E-state index contributed by atoms with van der Waals surface area (Å²) in [5.41, 5.74) is 1.12. The van der Waals surface area contributed by atoms with Gasteiger partial charge in [-0.15, -0.1) is 0 Å². The molecule has 1 amide bonds. The Bertz CT molecular complexity index is 1560. The first-order chi connectivity index (χ1) is 27.1. The number of aliphatic hydroxyl groups excluding tert-OH is 2. The third-order valence-electron chi connectivity index (χ3n) is 7.09. The Morgan fingerprint density at radius 2 is 1.34 bits per heavy atom. The molecule has 14 heteroatoms. The Morgan fingerprint density at radius 1 is 0.839 bits per heavy atom. The minimum absolute atomic E-state index is 0.195. The van der Waals surface area contributed by atoms with E-state index < -0.39 is 18.6 Å². The molecule has 1 aliphatic rings. The third kappa shape index (κ3) is 22.4. The lowest BCUT2D eigenvalue weighted by molar-refractivity contribution is -0.109. The van der Waals surface area contributed by atoms with Gasteiger partial charge in [0.2, 0.25) is 12.8 Å². The van der Waals surface area contributed by atoms with E-state index in [1.54, 1.807) is 38.3 Å². The maximum absolute atomic E-state index is 13.2. The Hall–Kier alpha value is -4.23. The number of nitrogens with one attached hydrogen (secondary N) is 1. The summed E-state index contributed by atoms with van der Waals surface area (Å²) in [7, 11) is -2.15. The van der Waals surface area contributed by atoms with Crippen molar-refractivity contribution in [2.24, 2.45) is 5.92 Å². The van der Waals surface area contributed by atoms with Gasteiger partial charge in [0.15, 0.2) is 0 Å². The number of carbonyl (C=O) groups is 1. The van der Waals surface area contributed by atoms with Gasteiger partial charge in [0.1, 0.15) is 34.0 Å².